The standard InChI is InChI=1S/C22H21N3O3/c1-3-27-18-13-15(14-19(28-4-2)20(18)25-11-7-8-12-25)21-23-17-10-6-5-9-16(17)22(26)24-21/h5-14H,3-4H2,1-2H3,(H,23,24,26). The van der Waals surface area contributed by atoms with Crippen molar-refractivity contribution >= 4 is 10.9 Å². The van der Waals surface area contributed by atoms with Crippen LogP contribution in [0.3, 0.4) is 0 Å². The number of nitrogens with zero attached hydrogens (tertiary/aromatic N) is 2. The summed E-state index contributed by atoms with van der Waals surface area (Å²) in [5.41, 5.74) is 2.02. The minimum absolute atomic E-state index is 0.175. The van der Waals surface area contributed by atoms with E-state index in [0.29, 0.717) is 41.4 Å². The highest BCUT2D eigenvalue weighted by Crippen LogP contribution is 2.37. The van der Waals surface area contributed by atoms with Crippen LogP contribution in [-0.4, -0.2) is 27.7 Å². The van der Waals surface area contributed by atoms with Gasteiger partial charge in [0.15, 0.2) is 0 Å². The van der Waals surface area contributed by atoms with Gasteiger partial charge < -0.3 is 19.0 Å². The van der Waals surface area contributed by atoms with Crippen LogP contribution in [0.5, 0.6) is 11.5 Å². The zero-order chi connectivity index (χ0) is 19.5. The minimum atomic E-state index is -0.175. The molecule has 2 aromatic carbocycles. The van der Waals surface area contributed by atoms with Crippen LogP contribution in [0, 0.1) is 0 Å². The van der Waals surface area contributed by atoms with Crippen molar-refractivity contribution in [3.05, 3.63) is 71.3 Å². The Kier molecular flexibility index (Phi) is 4.85. The molecule has 0 aliphatic carbocycles. The van der Waals surface area contributed by atoms with Crippen molar-refractivity contribution in [3.63, 3.8) is 0 Å². The van der Waals surface area contributed by atoms with Gasteiger partial charge in [-0.1, -0.05) is 12.1 Å². The number of rotatable bonds is 6. The second-order valence-corrected chi connectivity index (χ2v) is 6.21. The first-order valence-electron chi connectivity index (χ1n) is 9.27. The predicted molar refractivity (Wildman–Crippen MR) is 109 cm³/mol. The molecular formula is C22H21N3O3. The van der Waals surface area contributed by atoms with Crippen molar-refractivity contribution in [3.8, 4) is 28.6 Å². The molecule has 0 spiro atoms. The lowest BCUT2D eigenvalue weighted by Crippen LogP contribution is -2.10. The van der Waals surface area contributed by atoms with Crippen molar-refractivity contribution in [2.75, 3.05) is 13.2 Å². The molecule has 142 valence electrons. The summed E-state index contributed by atoms with van der Waals surface area (Å²) in [7, 11) is 0. The Labute approximate surface area is 162 Å². The number of nitrogens with one attached hydrogen (secondary N) is 1. The zero-order valence-corrected chi connectivity index (χ0v) is 15.8. The summed E-state index contributed by atoms with van der Waals surface area (Å²) < 4.78 is 13.8. The van der Waals surface area contributed by atoms with Gasteiger partial charge in [0.2, 0.25) is 0 Å². The van der Waals surface area contributed by atoms with Crippen LogP contribution in [-0.2, 0) is 0 Å². The average Bonchev–Trinajstić information content (AvgIpc) is 3.22. The number of ether oxygens (including phenoxy) is 2. The average molecular weight is 375 g/mol. The van der Waals surface area contributed by atoms with E-state index < -0.39 is 0 Å². The second-order valence-electron chi connectivity index (χ2n) is 6.21. The molecule has 4 rings (SSSR count). The van der Waals surface area contributed by atoms with Crippen LogP contribution in [0.4, 0.5) is 0 Å². The van der Waals surface area contributed by atoms with Gasteiger partial charge in [0, 0.05) is 18.0 Å². The number of benzene rings is 2. The molecule has 0 saturated carbocycles. The number of aromatic nitrogens is 3. The van der Waals surface area contributed by atoms with E-state index in [2.05, 4.69) is 9.97 Å². The first-order chi connectivity index (χ1) is 13.7. The topological polar surface area (TPSA) is 69.1 Å². The number of H-pyrrole nitrogens is 1. The lowest BCUT2D eigenvalue weighted by Gasteiger charge is -2.18. The second kappa shape index (κ2) is 7.60. The summed E-state index contributed by atoms with van der Waals surface area (Å²) >= 11 is 0. The number of hydrogen-bond donors (Lipinski definition) is 1. The molecule has 0 amide bonds. The monoisotopic (exact) mass is 375 g/mol. The Morgan fingerprint density at radius 1 is 0.964 bits per heavy atom. The van der Waals surface area contributed by atoms with E-state index in [1.807, 2.05) is 73.3 Å². The highest BCUT2D eigenvalue weighted by atomic mass is 16.5. The summed E-state index contributed by atoms with van der Waals surface area (Å²) in [6.45, 7) is 4.88. The highest BCUT2D eigenvalue weighted by molar-refractivity contribution is 5.80. The normalized spacial score (nSPS) is 10.9. The summed E-state index contributed by atoms with van der Waals surface area (Å²) in [6, 6.07) is 14.9. The van der Waals surface area contributed by atoms with E-state index in [1.165, 1.54) is 0 Å². The maximum Gasteiger partial charge on any atom is 0.259 e. The molecule has 0 atom stereocenters. The first kappa shape index (κ1) is 17.9. The third-order valence-electron chi connectivity index (χ3n) is 4.39. The predicted octanol–water partition coefficient (Wildman–Crippen LogP) is 4.18. The Morgan fingerprint density at radius 3 is 2.25 bits per heavy atom. The van der Waals surface area contributed by atoms with Gasteiger partial charge in [0.05, 0.1) is 24.1 Å². The molecule has 0 unspecified atom stereocenters. The minimum Gasteiger partial charge on any atom is -0.492 e. The van der Waals surface area contributed by atoms with Gasteiger partial charge in [0.25, 0.3) is 5.56 Å². The van der Waals surface area contributed by atoms with Crippen LogP contribution in [0.1, 0.15) is 13.8 Å². The third kappa shape index (κ3) is 3.24. The van der Waals surface area contributed by atoms with Gasteiger partial charge in [-0.15, -0.1) is 0 Å². The molecule has 0 saturated heterocycles. The number of para-hydroxylation sites is 1. The molecular weight excluding hydrogens is 354 g/mol. The Bertz CT molecular complexity index is 1140. The smallest absolute Gasteiger partial charge is 0.259 e. The fourth-order valence-electron chi connectivity index (χ4n) is 3.21. The van der Waals surface area contributed by atoms with E-state index in [9.17, 15) is 4.79 Å². The number of fused-ring (bicyclic) bond motifs is 1. The molecule has 0 fully saturated rings. The molecule has 0 aliphatic heterocycles. The Hall–Kier alpha value is -3.54. The van der Waals surface area contributed by atoms with Crippen LogP contribution in [0.15, 0.2) is 65.7 Å². The SMILES string of the molecule is CCOc1cc(-c2nc3ccccc3c(=O)[nH]2)cc(OCC)c1-n1cccc1. The Morgan fingerprint density at radius 2 is 1.61 bits per heavy atom. The van der Waals surface area contributed by atoms with Gasteiger partial charge >= 0.3 is 0 Å². The Balaban J connectivity index is 1.94. The summed E-state index contributed by atoms with van der Waals surface area (Å²) in [6.07, 6.45) is 3.88. The molecule has 2 aromatic heterocycles. The summed E-state index contributed by atoms with van der Waals surface area (Å²) in [5, 5.41) is 0.560. The lowest BCUT2D eigenvalue weighted by molar-refractivity contribution is 0.321. The zero-order valence-electron chi connectivity index (χ0n) is 15.8. The van der Waals surface area contributed by atoms with E-state index >= 15 is 0 Å². The summed E-state index contributed by atoms with van der Waals surface area (Å²) in [4.78, 5) is 20.0. The maximum atomic E-state index is 12.5. The van der Waals surface area contributed by atoms with Crippen molar-refractivity contribution in [1.82, 2.24) is 14.5 Å². The molecule has 6 nitrogen and oxygen atoms in total. The van der Waals surface area contributed by atoms with Gasteiger partial charge in [-0.25, -0.2) is 4.98 Å². The highest BCUT2D eigenvalue weighted by Gasteiger charge is 2.17. The molecule has 6 heteroatoms. The van der Waals surface area contributed by atoms with Gasteiger partial charge in [-0.2, -0.15) is 0 Å². The number of hydrogen-bond acceptors (Lipinski definition) is 4. The van der Waals surface area contributed by atoms with Gasteiger partial charge in [-0.3, -0.25) is 4.79 Å². The fraction of sp³-hybridized carbons (Fsp3) is 0.182. The maximum absolute atomic E-state index is 12.5. The molecule has 1 N–H and O–H groups in total. The van der Waals surface area contributed by atoms with Crippen LogP contribution in [0.25, 0.3) is 28.0 Å². The quantitative estimate of drug-likeness (QED) is 0.549. The molecule has 4 aromatic rings. The molecule has 0 aliphatic rings. The van der Waals surface area contributed by atoms with Gasteiger partial charge in [-0.05, 0) is 50.2 Å². The third-order valence-corrected chi connectivity index (χ3v) is 4.39. The molecule has 2 heterocycles. The van der Waals surface area contributed by atoms with E-state index in [0.717, 1.165) is 11.3 Å². The molecule has 0 bridgehead atoms. The number of aromatic amines is 1. The van der Waals surface area contributed by atoms with Gasteiger partial charge in [0.1, 0.15) is 23.0 Å². The van der Waals surface area contributed by atoms with Crippen LogP contribution in [0.2, 0.25) is 0 Å². The molecule has 0 radical (unpaired) electrons. The van der Waals surface area contributed by atoms with E-state index in [4.69, 9.17) is 9.47 Å². The molecule has 28 heavy (non-hydrogen) atoms. The van der Waals surface area contributed by atoms with Crippen molar-refractivity contribution in [2.24, 2.45) is 0 Å². The van der Waals surface area contributed by atoms with E-state index in [1.54, 1.807) is 6.07 Å². The largest absolute Gasteiger partial charge is 0.492 e. The first-order valence-corrected chi connectivity index (χ1v) is 9.27. The van der Waals surface area contributed by atoms with Crippen LogP contribution < -0.4 is 15.0 Å². The lowest BCUT2D eigenvalue weighted by atomic mass is 10.1. The van der Waals surface area contributed by atoms with E-state index in [-0.39, 0.29) is 5.56 Å². The van der Waals surface area contributed by atoms with Crippen molar-refractivity contribution in [1.29, 1.82) is 0 Å². The fourth-order valence-corrected chi connectivity index (χ4v) is 3.21. The van der Waals surface area contributed by atoms with Crippen molar-refractivity contribution in [2.45, 2.75) is 13.8 Å². The summed E-state index contributed by atoms with van der Waals surface area (Å²) in [5.74, 6) is 1.80. The van der Waals surface area contributed by atoms with Crippen LogP contribution >= 0.6 is 0 Å². The van der Waals surface area contributed by atoms with Crippen molar-refractivity contribution < 1.29 is 9.47 Å².